The Morgan fingerprint density at radius 1 is 1.64 bits per heavy atom. The molecule has 1 fully saturated rings. The van der Waals surface area contributed by atoms with Crippen molar-refractivity contribution in [2.75, 3.05) is 6.61 Å². The molecule has 0 aromatic carbocycles. The normalized spacial score (nSPS) is 26.1. The lowest BCUT2D eigenvalue weighted by molar-refractivity contribution is 0.108. The van der Waals surface area contributed by atoms with Crippen molar-refractivity contribution in [1.29, 1.82) is 0 Å². The molecule has 2 nitrogen and oxygen atoms in total. The fourth-order valence-electron chi connectivity index (χ4n) is 1.45. The lowest BCUT2D eigenvalue weighted by Crippen LogP contribution is -2.11. The second-order valence-corrected chi connectivity index (χ2v) is 3.44. The maximum absolute atomic E-state index is 9.57. The van der Waals surface area contributed by atoms with Gasteiger partial charge in [0.1, 0.15) is 11.9 Å². The van der Waals surface area contributed by atoms with Gasteiger partial charge < -0.3 is 9.84 Å². The molecule has 0 aromatic rings. The summed E-state index contributed by atoms with van der Waals surface area (Å²) >= 11 is 0. The van der Waals surface area contributed by atoms with Gasteiger partial charge in [-0.15, -0.1) is 0 Å². The lowest BCUT2D eigenvalue weighted by atomic mass is 10.1. The molecule has 1 atom stereocenters. The molecule has 1 saturated carbocycles. The van der Waals surface area contributed by atoms with E-state index < -0.39 is 0 Å². The van der Waals surface area contributed by atoms with Crippen molar-refractivity contribution in [2.45, 2.75) is 31.8 Å². The monoisotopic (exact) mass is 154 g/mol. The number of aliphatic hydroxyl groups excluding tert-OH is 1. The van der Waals surface area contributed by atoms with E-state index in [2.05, 4.69) is 0 Å². The van der Waals surface area contributed by atoms with Gasteiger partial charge in [-0.2, -0.15) is 0 Å². The van der Waals surface area contributed by atoms with Crippen LogP contribution in [0.1, 0.15) is 25.7 Å². The predicted octanol–water partition coefficient (Wildman–Crippen LogP) is 1.45. The summed E-state index contributed by atoms with van der Waals surface area (Å²) in [5, 5.41) is 9.57. The highest BCUT2D eigenvalue weighted by Crippen LogP contribution is 2.35. The quantitative estimate of drug-likeness (QED) is 0.666. The number of ether oxygens (including phenoxy) is 1. The van der Waals surface area contributed by atoms with E-state index in [1.165, 1.54) is 12.8 Å². The van der Waals surface area contributed by atoms with Crippen LogP contribution in [0.5, 0.6) is 0 Å². The Labute approximate surface area is 66.9 Å². The van der Waals surface area contributed by atoms with Gasteiger partial charge in [0.15, 0.2) is 0 Å². The number of rotatable bonds is 3. The van der Waals surface area contributed by atoms with Gasteiger partial charge in [-0.3, -0.25) is 0 Å². The Morgan fingerprint density at radius 2 is 2.45 bits per heavy atom. The minimum atomic E-state index is -0.315. The lowest BCUT2D eigenvalue weighted by Gasteiger charge is -2.10. The highest BCUT2D eigenvalue weighted by molar-refractivity contribution is 5.04. The van der Waals surface area contributed by atoms with Crippen molar-refractivity contribution in [3.63, 3.8) is 0 Å². The fraction of sp³-hybridized carbons (Fsp3) is 0.778. The Balaban J connectivity index is 1.82. The summed E-state index contributed by atoms with van der Waals surface area (Å²) in [4.78, 5) is 0. The Morgan fingerprint density at radius 3 is 3.00 bits per heavy atom. The third-order valence-electron chi connectivity index (χ3n) is 2.31. The van der Waals surface area contributed by atoms with Gasteiger partial charge in [0.2, 0.25) is 0 Å². The molecule has 0 bridgehead atoms. The Kier molecular flexibility index (Phi) is 1.86. The highest BCUT2D eigenvalue weighted by atomic mass is 16.5. The van der Waals surface area contributed by atoms with Gasteiger partial charge in [-0.05, 0) is 18.4 Å². The van der Waals surface area contributed by atoms with Gasteiger partial charge in [0, 0.05) is 6.42 Å². The van der Waals surface area contributed by atoms with E-state index in [1.807, 2.05) is 6.08 Å². The summed E-state index contributed by atoms with van der Waals surface area (Å²) in [6, 6.07) is 0. The van der Waals surface area contributed by atoms with Crippen LogP contribution in [0.15, 0.2) is 11.8 Å². The molecule has 2 rings (SSSR count). The number of hydrogen-bond acceptors (Lipinski definition) is 2. The SMILES string of the molecule is OC(CC1CC1)C1=CCCO1. The van der Waals surface area contributed by atoms with Crippen molar-refractivity contribution in [3.05, 3.63) is 11.8 Å². The molecule has 1 aliphatic carbocycles. The van der Waals surface area contributed by atoms with Crippen LogP contribution < -0.4 is 0 Å². The van der Waals surface area contributed by atoms with E-state index in [9.17, 15) is 5.11 Å². The van der Waals surface area contributed by atoms with Crippen LogP contribution in [0, 0.1) is 5.92 Å². The van der Waals surface area contributed by atoms with Gasteiger partial charge in [-0.25, -0.2) is 0 Å². The van der Waals surface area contributed by atoms with Gasteiger partial charge in [0.05, 0.1) is 6.61 Å². The smallest absolute Gasteiger partial charge is 0.121 e. The van der Waals surface area contributed by atoms with Crippen LogP contribution in [0.2, 0.25) is 0 Å². The van der Waals surface area contributed by atoms with E-state index in [0.29, 0.717) is 0 Å². The molecular weight excluding hydrogens is 140 g/mol. The third kappa shape index (κ3) is 1.74. The molecule has 2 heteroatoms. The second-order valence-electron chi connectivity index (χ2n) is 3.44. The van der Waals surface area contributed by atoms with Crippen molar-refractivity contribution in [1.82, 2.24) is 0 Å². The molecule has 1 N–H and O–H groups in total. The van der Waals surface area contributed by atoms with E-state index in [1.54, 1.807) is 0 Å². The molecule has 0 radical (unpaired) electrons. The zero-order valence-electron chi connectivity index (χ0n) is 6.62. The van der Waals surface area contributed by atoms with Crippen LogP contribution in [-0.4, -0.2) is 17.8 Å². The maximum atomic E-state index is 9.57. The first-order valence-electron chi connectivity index (χ1n) is 4.37. The average molecular weight is 154 g/mol. The summed E-state index contributed by atoms with van der Waals surface area (Å²) < 4.78 is 5.25. The average Bonchev–Trinajstić information content (AvgIpc) is 2.67. The van der Waals surface area contributed by atoms with Crippen LogP contribution in [0.25, 0.3) is 0 Å². The van der Waals surface area contributed by atoms with Crippen molar-refractivity contribution in [2.24, 2.45) is 5.92 Å². The van der Waals surface area contributed by atoms with Crippen LogP contribution in [-0.2, 0) is 4.74 Å². The Hall–Kier alpha value is -0.500. The Bertz CT molecular complexity index is 170. The molecule has 62 valence electrons. The predicted molar refractivity (Wildman–Crippen MR) is 42.0 cm³/mol. The maximum Gasteiger partial charge on any atom is 0.121 e. The number of hydrogen-bond donors (Lipinski definition) is 1. The zero-order valence-corrected chi connectivity index (χ0v) is 6.62. The highest BCUT2D eigenvalue weighted by Gasteiger charge is 2.27. The van der Waals surface area contributed by atoms with Gasteiger partial charge in [-0.1, -0.05) is 12.8 Å². The van der Waals surface area contributed by atoms with Gasteiger partial charge >= 0.3 is 0 Å². The molecule has 1 aliphatic heterocycles. The van der Waals surface area contributed by atoms with E-state index >= 15 is 0 Å². The summed E-state index contributed by atoms with van der Waals surface area (Å²) in [5.41, 5.74) is 0. The molecule has 0 saturated heterocycles. The van der Waals surface area contributed by atoms with E-state index in [0.717, 1.165) is 31.1 Å². The van der Waals surface area contributed by atoms with Crippen molar-refractivity contribution in [3.8, 4) is 0 Å². The first kappa shape index (κ1) is 7.17. The van der Waals surface area contributed by atoms with Crippen molar-refractivity contribution < 1.29 is 9.84 Å². The molecule has 0 aromatic heterocycles. The third-order valence-corrected chi connectivity index (χ3v) is 2.31. The topological polar surface area (TPSA) is 29.5 Å². The van der Waals surface area contributed by atoms with Crippen LogP contribution >= 0.6 is 0 Å². The van der Waals surface area contributed by atoms with Crippen molar-refractivity contribution >= 4 is 0 Å². The van der Waals surface area contributed by atoms with E-state index in [4.69, 9.17) is 4.74 Å². The molecule has 1 heterocycles. The minimum Gasteiger partial charge on any atom is -0.495 e. The molecule has 11 heavy (non-hydrogen) atoms. The minimum absolute atomic E-state index is 0.315. The summed E-state index contributed by atoms with van der Waals surface area (Å²) in [6.45, 7) is 0.761. The fourth-order valence-corrected chi connectivity index (χ4v) is 1.45. The largest absolute Gasteiger partial charge is 0.495 e. The standard InChI is InChI=1S/C9H14O2/c10-8(6-7-3-4-7)9-2-1-5-11-9/h2,7-8,10H,1,3-6H2. The zero-order chi connectivity index (χ0) is 7.68. The van der Waals surface area contributed by atoms with E-state index in [-0.39, 0.29) is 6.10 Å². The second kappa shape index (κ2) is 2.86. The molecular formula is C9H14O2. The molecule has 2 aliphatic rings. The van der Waals surface area contributed by atoms with Crippen LogP contribution in [0.4, 0.5) is 0 Å². The van der Waals surface area contributed by atoms with Gasteiger partial charge in [0.25, 0.3) is 0 Å². The molecule has 1 unspecified atom stereocenters. The summed E-state index contributed by atoms with van der Waals surface area (Å²) in [6.07, 6.45) is 6.16. The molecule has 0 amide bonds. The first-order chi connectivity index (χ1) is 5.36. The molecule has 0 spiro atoms. The summed E-state index contributed by atoms with van der Waals surface area (Å²) in [7, 11) is 0. The van der Waals surface area contributed by atoms with Crippen LogP contribution in [0.3, 0.4) is 0 Å². The number of aliphatic hydroxyl groups is 1. The first-order valence-corrected chi connectivity index (χ1v) is 4.37. The summed E-state index contributed by atoms with van der Waals surface area (Å²) in [5.74, 6) is 1.59.